The maximum absolute atomic E-state index is 13.8. The van der Waals surface area contributed by atoms with E-state index in [0.717, 1.165) is 19.0 Å². The lowest BCUT2D eigenvalue weighted by atomic mass is 9.96. The van der Waals surface area contributed by atoms with Crippen LogP contribution in [-0.2, 0) is 5.67 Å². The number of halogens is 2. The second-order valence-electron chi connectivity index (χ2n) is 5.88. The number of alkyl halides is 1. The highest BCUT2D eigenvalue weighted by Gasteiger charge is 2.30. The monoisotopic (exact) mass is 309 g/mol. The van der Waals surface area contributed by atoms with Crippen LogP contribution >= 0.6 is 0 Å². The van der Waals surface area contributed by atoms with Gasteiger partial charge in [0.25, 0.3) is 0 Å². The van der Waals surface area contributed by atoms with Gasteiger partial charge >= 0.3 is 0 Å². The van der Waals surface area contributed by atoms with E-state index in [1.54, 1.807) is 0 Å². The highest BCUT2D eigenvalue weighted by molar-refractivity contribution is 5.39. The number of rotatable bonds is 3. The van der Waals surface area contributed by atoms with E-state index in [4.69, 9.17) is 4.52 Å². The summed E-state index contributed by atoms with van der Waals surface area (Å²) < 4.78 is 32.6. The molecule has 0 aliphatic carbocycles. The molecule has 0 bridgehead atoms. The molecule has 2 aromatic heterocycles. The Kier molecular flexibility index (Phi) is 3.76. The molecule has 0 saturated carbocycles. The molecule has 0 unspecified atom stereocenters. The molecule has 0 radical (unpaired) electrons. The molecule has 22 heavy (non-hydrogen) atoms. The third-order valence-electron chi connectivity index (χ3n) is 3.77. The van der Waals surface area contributed by atoms with E-state index in [1.807, 2.05) is 4.90 Å². The molecule has 8 heteroatoms. The van der Waals surface area contributed by atoms with Gasteiger partial charge in [0.1, 0.15) is 6.33 Å². The zero-order chi connectivity index (χ0) is 15.7. The van der Waals surface area contributed by atoms with Gasteiger partial charge in [0.05, 0.1) is 6.20 Å². The Morgan fingerprint density at radius 1 is 1.32 bits per heavy atom. The van der Waals surface area contributed by atoms with Crippen molar-refractivity contribution in [3.05, 3.63) is 30.1 Å². The van der Waals surface area contributed by atoms with E-state index < -0.39 is 11.5 Å². The Hall–Kier alpha value is -2.12. The molecular weight excluding hydrogens is 292 g/mol. The van der Waals surface area contributed by atoms with Crippen LogP contribution < -0.4 is 4.90 Å². The SMILES string of the molecule is CC(C)(F)c1noc(C2CCN(c3ncncc3F)CC2)n1. The molecule has 1 fully saturated rings. The van der Waals surface area contributed by atoms with E-state index in [1.165, 1.54) is 20.2 Å². The molecule has 6 nitrogen and oxygen atoms in total. The molecule has 1 saturated heterocycles. The minimum Gasteiger partial charge on any atom is -0.354 e. The number of piperidine rings is 1. The maximum atomic E-state index is 13.8. The van der Waals surface area contributed by atoms with Crippen molar-refractivity contribution in [2.45, 2.75) is 38.3 Å². The third-order valence-corrected chi connectivity index (χ3v) is 3.77. The van der Waals surface area contributed by atoms with Gasteiger partial charge in [-0.05, 0) is 26.7 Å². The average Bonchev–Trinajstić information content (AvgIpc) is 2.98. The first-order chi connectivity index (χ1) is 10.4. The molecule has 2 aromatic rings. The third kappa shape index (κ3) is 2.90. The fraction of sp³-hybridized carbons (Fsp3) is 0.571. The Morgan fingerprint density at radius 3 is 2.64 bits per heavy atom. The van der Waals surface area contributed by atoms with Gasteiger partial charge in [-0.2, -0.15) is 4.98 Å². The molecule has 3 heterocycles. The van der Waals surface area contributed by atoms with Gasteiger partial charge in [0, 0.05) is 19.0 Å². The number of anilines is 1. The van der Waals surface area contributed by atoms with Gasteiger partial charge in [0.2, 0.25) is 11.7 Å². The Labute approximate surface area is 126 Å². The van der Waals surface area contributed by atoms with E-state index in [9.17, 15) is 8.78 Å². The number of hydrogen-bond donors (Lipinski definition) is 0. The average molecular weight is 309 g/mol. The number of hydrogen-bond acceptors (Lipinski definition) is 6. The first-order valence-corrected chi connectivity index (χ1v) is 7.18. The lowest BCUT2D eigenvalue weighted by molar-refractivity contribution is 0.198. The van der Waals surface area contributed by atoms with Gasteiger partial charge in [-0.25, -0.2) is 18.7 Å². The van der Waals surface area contributed by atoms with Crippen LogP contribution in [0.25, 0.3) is 0 Å². The summed E-state index contributed by atoms with van der Waals surface area (Å²) in [6.45, 7) is 4.02. The predicted molar refractivity (Wildman–Crippen MR) is 74.6 cm³/mol. The smallest absolute Gasteiger partial charge is 0.230 e. The minimum atomic E-state index is -1.62. The summed E-state index contributed by atoms with van der Waals surface area (Å²) in [5, 5.41) is 3.70. The molecule has 0 atom stereocenters. The van der Waals surface area contributed by atoms with Crippen molar-refractivity contribution >= 4 is 5.82 Å². The summed E-state index contributed by atoms with van der Waals surface area (Å²) in [5.74, 6) is 0.449. The van der Waals surface area contributed by atoms with Crippen molar-refractivity contribution in [1.82, 2.24) is 20.1 Å². The van der Waals surface area contributed by atoms with E-state index in [-0.39, 0.29) is 11.7 Å². The molecule has 1 aliphatic heterocycles. The van der Waals surface area contributed by atoms with Gasteiger partial charge in [-0.15, -0.1) is 0 Å². The van der Waals surface area contributed by atoms with Crippen LogP contribution in [0.2, 0.25) is 0 Å². The van der Waals surface area contributed by atoms with E-state index in [2.05, 4.69) is 20.1 Å². The van der Waals surface area contributed by atoms with Crippen LogP contribution in [0.5, 0.6) is 0 Å². The summed E-state index contributed by atoms with van der Waals surface area (Å²) in [4.78, 5) is 13.6. The topological polar surface area (TPSA) is 67.9 Å². The van der Waals surface area contributed by atoms with Crippen LogP contribution in [0.3, 0.4) is 0 Å². The largest absolute Gasteiger partial charge is 0.354 e. The zero-order valence-corrected chi connectivity index (χ0v) is 12.5. The van der Waals surface area contributed by atoms with E-state index >= 15 is 0 Å². The van der Waals surface area contributed by atoms with Crippen LogP contribution in [0.4, 0.5) is 14.6 Å². The van der Waals surface area contributed by atoms with Crippen molar-refractivity contribution in [2.75, 3.05) is 18.0 Å². The van der Waals surface area contributed by atoms with Crippen LogP contribution in [-0.4, -0.2) is 33.2 Å². The Bertz CT molecular complexity index is 647. The van der Waals surface area contributed by atoms with Crippen molar-refractivity contribution in [3.63, 3.8) is 0 Å². The summed E-state index contributed by atoms with van der Waals surface area (Å²) in [7, 11) is 0. The van der Waals surface area contributed by atoms with Gasteiger partial charge < -0.3 is 9.42 Å². The van der Waals surface area contributed by atoms with Crippen molar-refractivity contribution in [1.29, 1.82) is 0 Å². The quantitative estimate of drug-likeness (QED) is 0.868. The highest BCUT2D eigenvalue weighted by atomic mass is 19.1. The lowest BCUT2D eigenvalue weighted by Crippen LogP contribution is -2.34. The summed E-state index contributed by atoms with van der Waals surface area (Å²) in [5.41, 5.74) is -1.62. The summed E-state index contributed by atoms with van der Waals surface area (Å²) in [6.07, 6.45) is 3.93. The molecule has 0 amide bonds. The number of nitrogens with zero attached hydrogens (tertiary/aromatic N) is 5. The lowest BCUT2D eigenvalue weighted by Gasteiger charge is -2.31. The first kappa shape index (κ1) is 14.8. The standard InChI is InChI=1S/C14H17F2N5O/c1-14(2,16)13-19-12(22-20-13)9-3-5-21(6-4-9)11-10(15)7-17-8-18-11/h7-9H,3-6H2,1-2H3. The fourth-order valence-electron chi connectivity index (χ4n) is 2.52. The van der Waals surface area contributed by atoms with Gasteiger partial charge in [-0.1, -0.05) is 5.16 Å². The molecule has 1 aliphatic rings. The first-order valence-electron chi connectivity index (χ1n) is 7.18. The molecule has 0 aromatic carbocycles. The highest BCUT2D eigenvalue weighted by Crippen LogP contribution is 2.31. The van der Waals surface area contributed by atoms with Gasteiger partial charge in [-0.3, -0.25) is 0 Å². The Morgan fingerprint density at radius 2 is 2.05 bits per heavy atom. The van der Waals surface area contributed by atoms with E-state index in [0.29, 0.717) is 24.8 Å². The van der Waals surface area contributed by atoms with Crippen molar-refractivity contribution in [2.24, 2.45) is 0 Å². The van der Waals surface area contributed by atoms with Crippen LogP contribution in [0, 0.1) is 5.82 Å². The normalized spacial score (nSPS) is 17.0. The Balaban J connectivity index is 1.67. The second kappa shape index (κ2) is 5.58. The molecule has 118 valence electrons. The summed E-state index contributed by atoms with van der Waals surface area (Å²) >= 11 is 0. The molecular formula is C14H17F2N5O. The van der Waals surface area contributed by atoms with Crippen molar-refractivity contribution in [3.8, 4) is 0 Å². The molecule has 0 spiro atoms. The molecule has 0 N–H and O–H groups in total. The zero-order valence-electron chi connectivity index (χ0n) is 12.5. The fourth-order valence-corrected chi connectivity index (χ4v) is 2.52. The van der Waals surface area contributed by atoms with Crippen molar-refractivity contribution < 1.29 is 13.3 Å². The van der Waals surface area contributed by atoms with Crippen LogP contribution in [0.1, 0.15) is 44.3 Å². The predicted octanol–water partition coefficient (Wildman–Crippen LogP) is 2.59. The second-order valence-corrected chi connectivity index (χ2v) is 5.88. The summed E-state index contributed by atoms with van der Waals surface area (Å²) in [6, 6.07) is 0. The van der Waals surface area contributed by atoms with Crippen LogP contribution in [0.15, 0.2) is 17.0 Å². The van der Waals surface area contributed by atoms with Gasteiger partial charge in [0.15, 0.2) is 17.3 Å². The maximum Gasteiger partial charge on any atom is 0.230 e. The minimum absolute atomic E-state index is 0.0600. The number of aromatic nitrogens is 4. The molecule has 3 rings (SSSR count).